The number of ether oxygens (including phenoxy) is 2. The third-order valence-electron chi connectivity index (χ3n) is 6.15. The second kappa shape index (κ2) is 7.47. The fraction of sp³-hybridized carbons (Fsp3) is 0.333. The Hall–Kier alpha value is -2.37. The van der Waals surface area contributed by atoms with Gasteiger partial charge in [0, 0.05) is 46.4 Å². The van der Waals surface area contributed by atoms with Gasteiger partial charge in [-0.05, 0) is 54.3 Å². The Bertz CT molecular complexity index is 1040. The van der Waals surface area contributed by atoms with Crippen LogP contribution in [0.3, 0.4) is 0 Å². The zero-order chi connectivity index (χ0) is 20.0. The molecule has 0 spiro atoms. The molecule has 29 heavy (non-hydrogen) atoms. The molecule has 1 unspecified atom stereocenters. The second-order valence-corrected chi connectivity index (χ2v) is 8.98. The summed E-state index contributed by atoms with van der Waals surface area (Å²) in [6.45, 7) is 1.96. The standard InChI is InChI=1S/C24H24FNO2S/c1-27-22-7-8-23(28-2)20-14-26-10-9-24-19(21(26)13-18(20)22)12-17(29-24)11-15-3-5-16(25)6-4-15/h3-8,12,21H,9-11,13-14H2,1-2H3. The van der Waals surface area contributed by atoms with E-state index in [-0.39, 0.29) is 5.82 Å². The van der Waals surface area contributed by atoms with Gasteiger partial charge in [-0.2, -0.15) is 0 Å². The molecular weight excluding hydrogens is 385 g/mol. The van der Waals surface area contributed by atoms with Crippen LogP contribution in [-0.4, -0.2) is 25.7 Å². The Morgan fingerprint density at radius 2 is 1.76 bits per heavy atom. The molecule has 1 aromatic heterocycles. The van der Waals surface area contributed by atoms with Crippen LogP contribution >= 0.6 is 11.3 Å². The van der Waals surface area contributed by atoms with Crippen LogP contribution in [0.2, 0.25) is 0 Å². The third kappa shape index (κ3) is 3.32. The molecular formula is C24H24FNO2S. The van der Waals surface area contributed by atoms with Crippen LogP contribution in [0.1, 0.15) is 38.0 Å². The summed E-state index contributed by atoms with van der Waals surface area (Å²) >= 11 is 1.91. The minimum atomic E-state index is -0.180. The van der Waals surface area contributed by atoms with E-state index in [4.69, 9.17) is 9.47 Å². The first-order valence-corrected chi connectivity index (χ1v) is 10.8. The van der Waals surface area contributed by atoms with Crippen LogP contribution in [0.15, 0.2) is 42.5 Å². The molecule has 0 amide bonds. The number of halogens is 1. The summed E-state index contributed by atoms with van der Waals surface area (Å²) in [6.07, 6.45) is 2.88. The Morgan fingerprint density at radius 1 is 1.03 bits per heavy atom. The number of methoxy groups -OCH3 is 2. The number of fused-ring (bicyclic) bond motifs is 4. The minimum absolute atomic E-state index is 0.180. The van der Waals surface area contributed by atoms with Crippen molar-refractivity contribution in [1.82, 2.24) is 4.90 Å². The number of rotatable bonds is 4. The highest BCUT2D eigenvalue weighted by atomic mass is 32.1. The van der Waals surface area contributed by atoms with Crippen LogP contribution in [-0.2, 0) is 25.8 Å². The molecule has 0 radical (unpaired) electrons. The highest BCUT2D eigenvalue weighted by Crippen LogP contribution is 2.45. The molecule has 3 nitrogen and oxygen atoms in total. The first-order chi connectivity index (χ1) is 14.2. The Morgan fingerprint density at radius 3 is 2.48 bits per heavy atom. The fourth-order valence-electron chi connectivity index (χ4n) is 4.72. The first-order valence-electron chi connectivity index (χ1n) is 9.99. The second-order valence-electron chi connectivity index (χ2n) is 7.76. The molecule has 150 valence electrons. The van der Waals surface area contributed by atoms with E-state index in [0.717, 1.165) is 49.4 Å². The number of benzene rings is 2. The van der Waals surface area contributed by atoms with Crippen molar-refractivity contribution in [2.75, 3.05) is 20.8 Å². The maximum atomic E-state index is 13.2. The van der Waals surface area contributed by atoms with Gasteiger partial charge in [-0.25, -0.2) is 4.39 Å². The van der Waals surface area contributed by atoms with Gasteiger partial charge in [0.05, 0.1) is 14.2 Å². The van der Waals surface area contributed by atoms with E-state index in [9.17, 15) is 4.39 Å². The molecule has 2 aliphatic heterocycles. The Balaban J connectivity index is 1.47. The Kier molecular flexibility index (Phi) is 4.80. The molecule has 0 N–H and O–H groups in total. The number of hydrogen-bond acceptors (Lipinski definition) is 4. The zero-order valence-electron chi connectivity index (χ0n) is 16.7. The van der Waals surface area contributed by atoms with Crippen molar-refractivity contribution in [1.29, 1.82) is 0 Å². The average Bonchev–Trinajstić information content (AvgIpc) is 3.16. The highest BCUT2D eigenvalue weighted by Gasteiger charge is 2.35. The summed E-state index contributed by atoms with van der Waals surface area (Å²) in [7, 11) is 3.48. The molecule has 0 saturated carbocycles. The lowest BCUT2D eigenvalue weighted by molar-refractivity contribution is 0.158. The van der Waals surface area contributed by atoms with Gasteiger partial charge in [-0.15, -0.1) is 11.3 Å². The van der Waals surface area contributed by atoms with E-state index in [2.05, 4.69) is 11.0 Å². The molecule has 0 saturated heterocycles. The van der Waals surface area contributed by atoms with E-state index in [1.165, 1.54) is 26.4 Å². The summed E-state index contributed by atoms with van der Waals surface area (Å²) in [5.74, 6) is 1.72. The van der Waals surface area contributed by atoms with E-state index in [1.807, 2.05) is 35.6 Å². The van der Waals surface area contributed by atoms with E-state index in [0.29, 0.717) is 6.04 Å². The zero-order valence-corrected chi connectivity index (χ0v) is 17.5. The summed E-state index contributed by atoms with van der Waals surface area (Å²) < 4.78 is 24.5. The van der Waals surface area contributed by atoms with Crippen molar-refractivity contribution in [3.8, 4) is 11.5 Å². The van der Waals surface area contributed by atoms with Gasteiger partial charge in [0.15, 0.2) is 0 Å². The van der Waals surface area contributed by atoms with Crippen LogP contribution < -0.4 is 9.47 Å². The predicted octanol–water partition coefficient (Wildman–Crippen LogP) is 5.15. The molecule has 2 aliphatic rings. The van der Waals surface area contributed by atoms with Crippen molar-refractivity contribution in [2.24, 2.45) is 0 Å². The Labute approximate surface area is 174 Å². The van der Waals surface area contributed by atoms with Crippen molar-refractivity contribution in [3.05, 3.63) is 80.3 Å². The van der Waals surface area contributed by atoms with Crippen LogP contribution in [0.5, 0.6) is 11.5 Å². The van der Waals surface area contributed by atoms with E-state index in [1.54, 1.807) is 26.4 Å². The summed E-state index contributed by atoms with van der Waals surface area (Å²) in [4.78, 5) is 5.42. The van der Waals surface area contributed by atoms with Gasteiger partial charge < -0.3 is 9.47 Å². The molecule has 1 atom stereocenters. The number of hydrogen-bond donors (Lipinski definition) is 0. The first kappa shape index (κ1) is 18.6. The van der Waals surface area contributed by atoms with Gasteiger partial charge in [-0.3, -0.25) is 4.90 Å². The molecule has 0 bridgehead atoms. The van der Waals surface area contributed by atoms with Crippen LogP contribution in [0.25, 0.3) is 0 Å². The third-order valence-corrected chi connectivity index (χ3v) is 7.36. The fourth-order valence-corrected chi connectivity index (χ4v) is 5.97. The maximum Gasteiger partial charge on any atom is 0.123 e. The predicted molar refractivity (Wildman–Crippen MR) is 114 cm³/mol. The van der Waals surface area contributed by atoms with Gasteiger partial charge in [0.25, 0.3) is 0 Å². The lowest BCUT2D eigenvalue weighted by atomic mass is 9.86. The summed E-state index contributed by atoms with van der Waals surface area (Å²) in [6, 6.07) is 13.6. The molecule has 5 heteroatoms. The topological polar surface area (TPSA) is 21.7 Å². The number of thiophene rings is 1. The van der Waals surface area contributed by atoms with E-state index >= 15 is 0 Å². The van der Waals surface area contributed by atoms with Crippen LogP contribution in [0.4, 0.5) is 4.39 Å². The molecule has 0 fully saturated rings. The maximum absolute atomic E-state index is 13.2. The van der Waals surface area contributed by atoms with Gasteiger partial charge in [-0.1, -0.05) is 12.1 Å². The normalized spacial score (nSPS) is 18.0. The van der Waals surface area contributed by atoms with Gasteiger partial charge in [0.2, 0.25) is 0 Å². The van der Waals surface area contributed by atoms with Gasteiger partial charge >= 0.3 is 0 Å². The van der Waals surface area contributed by atoms with Crippen molar-refractivity contribution >= 4 is 11.3 Å². The smallest absolute Gasteiger partial charge is 0.123 e. The lowest BCUT2D eigenvalue weighted by Crippen LogP contribution is -2.39. The molecule has 3 aromatic rings. The lowest BCUT2D eigenvalue weighted by Gasteiger charge is -2.41. The summed E-state index contributed by atoms with van der Waals surface area (Å²) in [5, 5.41) is 0. The monoisotopic (exact) mass is 409 g/mol. The quantitative estimate of drug-likeness (QED) is 0.595. The SMILES string of the molecule is COc1ccc(OC)c2c1CC1c3cc(Cc4ccc(F)cc4)sc3CCN1C2. The van der Waals surface area contributed by atoms with Crippen LogP contribution in [0, 0.1) is 5.82 Å². The highest BCUT2D eigenvalue weighted by molar-refractivity contribution is 7.12. The molecule has 0 aliphatic carbocycles. The molecule has 2 aromatic carbocycles. The number of nitrogens with zero attached hydrogens (tertiary/aromatic N) is 1. The van der Waals surface area contributed by atoms with Gasteiger partial charge in [0.1, 0.15) is 17.3 Å². The van der Waals surface area contributed by atoms with Crippen molar-refractivity contribution in [2.45, 2.75) is 31.8 Å². The van der Waals surface area contributed by atoms with Crippen molar-refractivity contribution in [3.63, 3.8) is 0 Å². The van der Waals surface area contributed by atoms with Crippen molar-refractivity contribution < 1.29 is 13.9 Å². The molecule has 5 rings (SSSR count). The summed E-state index contributed by atoms with van der Waals surface area (Å²) in [5.41, 5.74) is 5.14. The average molecular weight is 410 g/mol. The minimum Gasteiger partial charge on any atom is -0.496 e. The molecule has 3 heterocycles. The van der Waals surface area contributed by atoms with E-state index < -0.39 is 0 Å². The largest absolute Gasteiger partial charge is 0.496 e.